The summed E-state index contributed by atoms with van der Waals surface area (Å²) in [5, 5.41) is 3.48. The second-order valence-corrected chi connectivity index (χ2v) is 7.27. The number of nitrogens with one attached hydrogen (secondary N) is 1. The van der Waals surface area contributed by atoms with Gasteiger partial charge in [-0.1, -0.05) is 60.7 Å². The molecule has 1 heterocycles. The monoisotopic (exact) mass is 319 g/mol. The molecule has 4 rings (SSSR count). The number of fused-ring (bicyclic) bond motifs is 1. The summed E-state index contributed by atoms with van der Waals surface area (Å²) in [4.78, 5) is 3.01. The molecule has 23 heavy (non-hydrogen) atoms. The number of thiophene rings is 1. The Balaban J connectivity index is 1.92. The van der Waals surface area contributed by atoms with E-state index in [4.69, 9.17) is 0 Å². The van der Waals surface area contributed by atoms with Crippen LogP contribution in [0.25, 0.3) is 21.6 Å². The third-order valence-electron chi connectivity index (χ3n) is 4.77. The summed E-state index contributed by atoms with van der Waals surface area (Å²) in [5.74, 6) is 0. The van der Waals surface area contributed by atoms with Crippen LogP contribution >= 0.6 is 11.3 Å². The summed E-state index contributed by atoms with van der Waals surface area (Å²) in [5.41, 5.74) is 5.70. The first-order valence-electron chi connectivity index (χ1n) is 8.29. The van der Waals surface area contributed by atoms with Crippen LogP contribution in [0, 0.1) is 0 Å². The average Bonchev–Trinajstić information content (AvgIpc) is 3.01. The van der Waals surface area contributed by atoms with Crippen LogP contribution in [0.5, 0.6) is 0 Å². The van der Waals surface area contributed by atoms with E-state index in [2.05, 4.69) is 73.0 Å². The molecule has 0 saturated carbocycles. The molecule has 2 aromatic carbocycles. The zero-order valence-electron chi connectivity index (χ0n) is 13.4. The quantitative estimate of drug-likeness (QED) is 0.703. The molecular formula is C21H21NS. The molecule has 1 aliphatic carbocycles. The lowest BCUT2D eigenvalue weighted by Crippen LogP contribution is -2.31. The van der Waals surface area contributed by atoms with Crippen molar-refractivity contribution in [2.75, 3.05) is 7.05 Å². The van der Waals surface area contributed by atoms with Crippen molar-refractivity contribution in [3.63, 3.8) is 0 Å². The van der Waals surface area contributed by atoms with E-state index in [0.29, 0.717) is 6.04 Å². The summed E-state index contributed by atoms with van der Waals surface area (Å²) in [7, 11) is 2.09. The van der Waals surface area contributed by atoms with Crippen LogP contribution in [0.1, 0.15) is 16.9 Å². The summed E-state index contributed by atoms with van der Waals surface area (Å²) < 4.78 is 0. The van der Waals surface area contributed by atoms with Crippen molar-refractivity contribution in [1.29, 1.82) is 0 Å². The van der Waals surface area contributed by atoms with Crippen LogP contribution in [-0.4, -0.2) is 13.1 Å². The fourth-order valence-corrected chi connectivity index (χ4v) is 4.91. The second-order valence-electron chi connectivity index (χ2n) is 6.17. The van der Waals surface area contributed by atoms with E-state index in [1.165, 1.54) is 34.4 Å². The highest BCUT2D eigenvalue weighted by atomic mass is 32.1. The van der Waals surface area contributed by atoms with Gasteiger partial charge in [-0.15, -0.1) is 11.3 Å². The zero-order valence-corrected chi connectivity index (χ0v) is 14.2. The fourth-order valence-electron chi connectivity index (χ4n) is 3.53. The van der Waals surface area contributed by atoms with Gasteiger partial charge in [0.15, 0.2) is 0 Å². The topological polar surface area (TPSA) is 12.0 Å². The van der Waals surface area contributed by atoms with Gasteiger partial charge >= 0.3 is 0 Å². The number of benzene rings is 2. The number of rotatable bonds is 3. The van der Waals surface area contributed by atoms with Crippen LogP contribution in [0.4, 0.5) is 0 Å². The minimum atomic E-state index is 0.600. The van der Waals surface area contributed by atoms with Gasteiger partial charge in [0.05, 0.1) is 0 Å². The van der Waals surface area contributed by atoms with Crippen LogP contribution in [0.15, 0.2) is 60.7 Å². The predicted octanol–water partition coefficient (Wildman–Crippen LogP) is 5.16. The van der Waals surface area contributed by atoms with Crippen LogP contribution in [0.3, 0.4) is 0 Å². The molecule has 0 bridgehead atoms. The van der Waals surface area contributed by atoms with Gasteiger partial charge in [0.1, 0.15) is 0 Å². The van der Waals surface area contributed by atoms with E-state index in [9.17, 15) is 0 Å². The smallest absolute Gasteiger partial charge is 0.0426 e. The lowest BCUT2D eigenvalue weighted by atomic mass is 9.88. The van der Waals surface area contributed by atoms with Gasteiger partial charge in [-0.3, -0.25) is 0 Å². The van der Waals surface area contributed by atoms with Crippen molar-refractivity contribution in [2.24, 2.45) is 0 Å². The highest BCUT2D eigenvalue weighted by Gasteiger charge is 2.26. The maximum atomic E-state index is 3.48. The average molecular weight is 319 g/mol. The largest absolute Gasteiger partial charge is 0.317 e. The Morgan fingerprint density at radius 3 is 2.22 bits per heavy atom. The molecule has 0 radical (unpaired) electrons. The molecule has 1 atom stereocenters. The van der Waals surface area contributed by atoms with Gasteiger partial charge in [0.25, 0.3) is 0 Å². The Labute approximate surface area is 142 Å². The highest BCUT2D eigenvalue weighted by molar-refractivity contribution is 7.16. The molecule has 0 aliphatic heterocycles. The first-order chi connectivity index (χ1) is 11.4. The van der Waals surface area contributed by atoms with Gasteiger partial charge in [0, 0.05) is 21.4 Å². The van der Waals surface area contributed by atoms with Crippen molar-refractivity contribution in [2.45, 2.75) is 25.3 Å². The molecule has 0 fully saturated rings. The first kappa shape index (κ1) is 14.7. The first-order valence-corrected chi connectivity index (χ1v) is 9.11. The molecule has 0 spiro atoms. The van der Waals surface area contributed by atoms with Crippen molar-refractivity contribution in [3.8, 4) is 21.6 Å². The molecular weight excluding hydrogens is 298 g/mol. The van der Waals surface area contributed by atoms with Crippen LogP contribution in [0.2, 0.25) is 0 Å². The minimum absolute atomic E-state index is 0.600. The number of aryl methyl sites for hydroxylation is 1. The fraction of sp³-hybridized carbons (Fsp3) is 0.238. The van der Waals surface area contributed by atoms with E-state index in [1.54, 1.807) is 10.4 Å². The molecule has 3 aromatic rings. The number of likely N-dealkylation sites (N-methyl/N-ethyl adjacent to an activating group) is 1. The molecule has 1 unspecified atom stereocenters. The predicted molar refractivity (Wildman–Crippen MR) is 100 cm³/mol. The third kappa shape index (κ3) is 2.73. The van der Waals surface area contributed by atoms with E-state index in [-0.39, 0.29) is 0 Å². The van der Waals surface area contributed by atoms with E-state index in [1.807, 2.05) is 11.3 Å². The lowest BCUT2D eigenvalue weighted by Gasteiger charge is -2.22. The second kappa shape index (κ2) is 6.31. The van der Waals surface area contributed by atoms with Gasteiger partial charge in [-0.05, 0) is 43.0 Å². The SMILES string of the molecule is CNC1CCc2sc(-c3ccccc3)c(-c3ccccc3)c2C1. The molecule has 1 nitrogen and oxygen atoms in total. The summed E-state index contributed by atoms with van der Waals surface area (Å²) >= 11 is 1.99. The van der Waals surface area contributed by atoms with Crippen LogP contribution in [-0.2, 0) is 12.8 Å². The lowest BCUT2D eigenvalue weighted by molar-refractivity contribution is 0.501. The Hall–Kier alpha value is -1.90. The molecule has 1 aromatic heterocycles. The van der Waals surface area contributed by atoms with Gasteiger partial charge in [-0.25, -0.2) is 0 Å². The number of hydrogen-bond acceptors (Lipinski definition) is 2. The normalized spacial score (nSPS) is 17.0. The maximum Gasteiger partial charge on any atom is 0.0426 e. The Morgan fingerprint density at radius 2 is 1.57 bits per heavy atom. The van der Waals surface area contributed by atoms with Gasteiger partial charge < -0.3 is 5.32 Å². The van der Waals surface area contributed by atoms with Crippen molar-refractivity contribution < 1.29 is 0 Å². The molecule has 0 amide bonds. The zero-order chi connectivity index (χ0) is 15.6. The molecule has 1 aliphatic rings. The molecule has 116 valence electrons. The minimum Gasteiger partial charge on any atom is -0.317 e. The third-order valence-corrected chi connectivity index (χ3v) is 6.11. The van der Waals surface area contributed by atoms with Crippen molar-refractivity contribution in [3.05, 3.63) is 71.1 Å². The van der Waals surface area contributed by atoms with E-state index in [0.717, 1.165) is 6.42 Å². The van der Waals surface area contributed by atoms with Crippen molar-refractivity contribution in [1.82, 2.24) is 5.32 Å². The van der Waals surface area contributed by atoms with E-state index < -0.39 is 0 Å². The maximum absolute atomic E-state index is 3.48. The Bertz CT molecular complexity index is 789. The summed E-state index contributed by atoms with van der Waals surface area (Å²) in [6.07, 6.45) is 3.57. The highest BCUT2D eigenvalue weighted by Crippen LogP contribution is 2.45. The number of hydrogen-bond donors (Lipinski definition) is 1. The van der Waals surface area contributed by atoms with Gasteiger partial charge in [-0.2, -0.15) is 0 Å². The Kier molecular flexibility index (Phi) is 4.02. The molecule has 1 N–H and O–H groups in total. The standard InChI is InChI=1S/C21H21NS/c1-22-17-12-13-19-18(14-17)20(15-8-4-2-5-9-15)21(23-19)16-10-6-3-7-11-16/h2-11,17,22H,12-14H2,1H3. The van der Waals surface area contributed by atoms with Crippen molar-refractivity contribution >= 4 is 11.3 Å². The Morgan fingerprint density at radius 1 is 0.913 bits per heavy atom. The van der Waals surface area contributed by atoms with Gasteiger partial charge in [0.2, 0.25) is 0 Å². The van der Waals surface area contributed by atoms with E-state index >= 15 is 0 Å². The molecule has 2 heteroatoms. The van der Waals surface area contributed by atoms with Crippen LogP contribution < -0.4 is 5.32 Å². The summed E-state index contributed by atoms with van der Waals surface area (Å²) in [6, 6.07) is 22.3. The molecule has 0 saturated heterocycles. The summed E-state index contributed by atoms with van der Waals surface area (Å²) in [6.45, 7) is 0.